The van der Waals surface area contributed by atoms with Gasteiger partial charge >= 0.3 is 0 Å². The fraction of sp³-hybridized carbons (Fsp3) is 0.0435. The zero-order chi connectivity index (χ0) is 20.5. The van der Waals surface area contributed by atoms with Gasteiger partial charge in [0.25, 0.3) is 5.56 Å². The van der Waals surface area contributed by atoms with Crippen LogP contribution in [0.25, 0.3) is 33.4 Å². The van der Waals surface area contributed by atoms with E-state index in [1.54, 1.807) is 12.4 Å². The Balaban J connectivity index is 1.68. The van der Waals surface area contributed by atoms with Crippen LogP contribution in [0.5, 0.6) is 0 Å². The van der Waals surface area contributed by atoms with E-state index in [4.69, 9.17) is 0 Å². The molecule has 0 aliphatic rings. The van der Waals surface area contributed by atoms with Gasteiger partial charge in [-0.15, -0.1) is 10.2 Å². The number of nitrogens with zero attached hydrogens (tertiary/aromatic N) is 4. The van der Waals surface area contributed by atoms with E-state index in [0.29, 0.717) is 10.1 Å². The van der Waals surface area contributed by atoms with E-state index in [2.05, 4.69) is 20.2 Å². The minimum absolute atomic E-state index is 0.147. The number of nitrogens with one attached hydrogen (secondary N) is 1. The molecule has 2 aromatic carbocycles. The standard InChI is InChI=1S/C23H17N5OS/c1-28-21(16-11-13-24-14-12-16)26-27-23(28)30-20-19(15-7-3-2-4-8-15)17-9-5-6-10-18(17)25-22(20)29/h2-14H,1H3,(H,25,29). The van der Waals surface area contributed by atoms with Gasteiger partial charge in [0.05, 0.1) is 4.90 Å². The van der Waals surface area contributed by atoms with Crippen molar-refractivity contribution in [2.24, 2.45) is 7.05 Å². The molecule has 7 heteroatoms. The Labute approximate surface area is 176 Å². The summed E-state index contributed by atoms with van der Waals surface area (Å²) < 4.78 is 1.89. The van der Waals surface area contributed by atoms with Gasteiger partial charge in [0.2, 0.25) is 0 Å². The Morgan fingerprint density at radius 3 is 2.40 bits per heavy atom. The smallest absolute Gasteiger partial charge is 0.263 e. The molecular weight excluding hydrogens is 394 g/mol. The summed E-state index contributed by atoms with van der Waals surface area (Å²) in [4.78, 5) is 20.7. The number of hydrogen-bond donors (Lipinski definition) is 1. The average Bonchev–Trinajstić information content (AvgIpc) is 3.15. The Morgan fingerprint density at radius 1 is 0.867 bits per heavy atom. The molecule has 0 spiro atoms. The van der Waals surface area contributed by atoms with Gasteiger partial charge < -0.3 is 9.55 Å². The van der Waals surface area contributed by atoms with Crippen LogP contribution < -0.4 is 5.56 Å². The van der Waals surface area contributed by atoms with E-state index in [0.717, 1.165) is 33.4 Å². The number of aromatic nitrogens is 5. The third-order valence-corrected chi connectivity index (χ3v) is 6.04. The first-order valence-electron chi connectivity index (χ1n) is 9.40. The third kappa shape index (κ3) is 3.19. The predicted molar refractivity (Wildman–Crippen MR) is 118 cm³/mol. The Kier molecular flexibility index (Phi) is 4.65. The summed E-state index contributed by atoms with van der Waals surface area (Å²) in [5.74, 6) is 0.721. The van der Waals surface area contributed by atoms with Gasteiger partial charge in [0, 0.05) is 41.5 Å². The van der Waals surface area contributed by atoms with Crippen molar-refractivity contribution in [1.29, 1.82) is 0 Å². The predicted octanol–water partition coefficient (Wildman–Crippen LogP) is 4.54. The minimum Gasteiger partial charge on any atom is -0.321 e. The first kappa shape index (κ1) is 18.3. The fourth-order valence-corrected chi connectivity index (χ4v) is 4.42. The maximum atomic E-state index is 13.1. The maximum absolute atomic E-state index is 13.1. The number of fused-ring (bicyclic) bond motifs is 1. The highest BCUT2D eigenvalue weighted by Gasteiger charge is 2.19. The zero-order valence-electron chi connectivity index (χ0n) is 16.1. The van der Waals surface area contributed by atoms with Crippen molar-refractivity contribution in [2.45, 2.75) is 10.1 Å². The molecule has 0 aliphatic heterocycles. The number of rotatable bonds is 4. The van der Waals surface area contributed by atoms with E-state index in [1.807, 2.05) is 78.3 Å². The fourth-order valence-electron chi connectivity index (χ4n) is 3.46. The number of H-pyrrole nitrogens is 1. The lowest BCUT2D eigenvalue weighted by Crippen LogP contribution is -2.11. The maximum Gasteiger partial charge on any atom is 0.263 e. The number of aromatic amines is 1. The monoisotopic (exact) mass is 411 g/mol. The molecule has 0 unspecified atom stereocenters. The van der Waals surface area contributed by atoms with Gasteiger partial charge in [0.15, 0.2) is 11.0 Å². The van der Waals surface area contributed by atoms with Crippen molar-refractivity contribution >= 4 is 22.7 Å². The molecule has 30 heavy (non-hydrogen) atoms. The van der Waals surface area contributed by atoms with Crippen molar-refractivity contribution in [3.05, 3.63) is 89.5 Å². The molecule has 0 fully saturated rings. The van der Waals surface area contributed by atoms with Gasteiger partial charge in [-0.25, -0.2) is 0 Å². The summed E-state index contributed by atoms with van der Waals surface area (Å²) in [6.07, 6.45) is 3.44. The van der Waals surface area contributed by atoms with Crippen LogP contribution in [0.1, 0.15) is 0 Å². The number of benzene rings is 2. The van der Waals surface area contributed by atoms with Crippen LogP contribution in [0.3, 0.4) is 0 Å². The molecule has 6 nitrogen and oxygen atoms in total. The first-order chi connectivity index (χ1) is 14.7. The van der Waals surface area contributed by atoms with Crippen LogP contribution in [0.2, 0.25) is 0 Å². The van der Waals surface area contributed by atoms with Crippen LogP contribution >= 0.6 is 11.8 Å². The molecule has 0 bridgehead atoms. The molecule has 5 aromatic rings. The van der Waals surface area contributed by atoms with Gasteiger partial charge in [-0.1, -0.05) is 48.5 Å². The molecule has 3 aromatic heterocycles. The lowest BCUT2D eigenvalue weighted by atomic mass is 10.0. The molecule has 0 saturated heterocycles. The lowest BCUT2D eigenvalue weighted by molar-refractivity contribution is 0.793. The first-order valence-corrected chi connectivity index (χ1v) is 10.2. The summed E-state index contributed by atoms with van der Waals surface area (Å²) >= 11 is 1.32. The molecule has 0 amide bonds. The second-order valence-corrected chi connectivity index (χ2v) is 7.75. The normalized spacial score (nSPS) is 11.1. The van der Waals surface area contributed by atoms with E-state index in [-0.39, 0.29) is 5.56 Å². The van der Waals surface area contributed by atoms with Crippen LogP contribution in [0.4, 0.5) is 0 Å². The highest BCUT2D eigenvalue weighted by molar-refractivity contribution is 7.99. The topological polar surface area (TPSA) is 76.5 Å². The van der Waals surface area contributed by atoms with Gasteiger partial charge in [-0.3, -0.25) is 9.78 Å². The van der Waals surface area contributed by atoms with Crippen LogP contribution in [0.15, 0.2) is 94.0 Å². The largest absolute Gasteiger partial charge is 0.321 e. The molecular formula is C23H17N5OS. The molecule has 0 atom stereocenters. The van der Waals surface area contributed by atoms with Crippen molar-refractivity contribution in [1.82, 2.24) is 24.7 Å². The summed E-state index contributed by atoms with van der Waals surface area (Å²) in [6, 6.07) is 21.6. The van der Waals surface area contributed by atoms with Gasteiger partial charge in [-0.05, 0) is 35.5 Å². The van der Waals surface area contributed by atoms with Gasteiger partial charge in [0.1, 0.15) is 0 Å². The van der Waals surface area contributed by atoms with Crippen LogP contribution in [-0.2, 0) is 7.05 Å². The zero-order valence-corrected chi connectivity index (χ0v) is 16.9. The SMILES string of the molecule is Cn1c(Sc2c(-c3ccccc3)c3ccccc3[nH]c2=O)nnc1-c1ccncc1. The highest BCUT2D eigenvalue weighted by Crippen LogP contribution is 2.37. The van der Waals surface area contributed by atoms with E-state index < -0.39 is 0 Å². The highest BCUT2D eigenvalue weighted by atomic mass is 32.2. The molecule has 5 rings (SSSR count). The van der Waals surface area contributed by atoms with Crippen molar-refractivity contribution < 1.29 is 0 Å². The number of pyridine rings is 2. The summed E-state index contributed by atoms with van der Waals surface area (Å²) in [7, 11) is 1.90. The quantitative estimate of drug-likeness (QED) is 0.470. The van der Waals surface area contributed by atoms with E-state index in [1.165, 1.54) is 11.8 Å². The van der Waals surface area contributed by atoms with Crippen LogP contribution in [-0.4, -0.2) is 24.7 Å². The molecule has 0 saturated carbocycles. The van der Waals surface area contributed by atoms with Crippen LogP contribution in [0, 0.1) is 0 Å². The molecule has 0 radical (unpaired) electrons. The number of para-hydroxylation sites is 1. The number of hydrogen-bond acceptors (Lipinski definition) is 5. The average molecular weight is 411 g/mol. The lowest BCUT2D eigenvalue weighted by Gasteiger charge is -2.12. The molecule has 1 N–H and O–H groups in total. The Bertz CT molecular complexity index is 1390. The Morgan fingerprint density at radius 2 is 1.60 bits per heavy atom. The second kappa shape index (κ2) is 7.61. The molecule has 3 heterocycles. The molecule has 146 valence electrons. The summed E-state index contributed by atoms with van der Waals surface area (Å²) in [5.41, 5.74) is 3.46. The molecule has 0 aliphatic carbocycles. The summed E-state index contributed by atoms with van der Waals surface area (Å²) in [5, 5.41) is 10.3. The van der Waals surface area contributed by atoms with E-state index in [9.17, 15) is 4.79 Å². The summed E-state index contributed by atoms with van der Waals surface area (Å²) in [6.45, 7) is 0. The Hall–Kier alpha value is -3.71. The van der Waals surface area contributed by atoms with E-state index >= 15 is 0 Å². The second-order valence-electron chi connectivity index (χ2n) is 6.77. The van der Waals surface area contributed by atoms with Crippen molar-refractivity contribution in [3.63, 3.8) is 0 Å². The van der Waals surface area contributed by atoms with Gasteiger partial charge in [-0.2, -0.15) is 0 Å². The minimum atomic E-state index is -0.147. The third-order valence-electron chi connectivity index (χ3n) is 4.91. The van der Waals surface area contributed by atoms with Crippen molar-refractivity contribution in [2.75, 3.05) is 0 Å². The van der Waals surface area contributed by atoms with Crippen molar-refractivity contribution in [3.8, 4) is 22.5 Å².